The predicted molar refractivity (Wildman–Crippen MR) is 81.4 cm³/mol. The fraction of sp³-hybridized carbons (Fsp3) is 0.333. The van der Waals surface area contributed by atoms with E-state index in [1.54, 1.807) is 0 Å². The smallest absolute Gasteiger partial charge is 0.133 e. The van der Waals surface area contributed by atoms with Crippen LogP contribution in [0.25, 0.3) is 0 Å². The highest BCUT2D eigenvalue weighted by molar-refractivity contribution is 5.51. The molecule has 0 unspecified atom stereocenters. The SMILES string of the molecule is Cc1ccc(C)c(Oc2c(C)ccc(C)c2C)c1C. The van der Waals surface area contributed by atoms with Gasteiger partial charge in [0.2, 0.25) is 0 Å². The molecule has 1 heteroatoms. The van der Waals surface area contributed by atoms with E-state index in [0.29, 0.717) is 0 Å². The van der Waals surface area contributed by atoms with E-state index in [0.717, 1.165) is 11.5 Å². The van der Waals surface area contributed by atoms with Gasteiger partial charge in [0.15, 0.2) is 0 Å². The minimum Gasteiger partial charge on any atom is -0.456 e. The van der Waals surface area contributed by atoms with Crippen LogP contribution < -0.4 is 4.74 Å². The molecular formula is C18H22O. The standard InChI is InChI=1S/C18H22O/c1-11-7-9-13(3)17(15(11)5)19-18-14(4)10-8-12(2)16(18)6/h7-10H,1-6H3. The molecular weight excluding hydrogens is 232 g/mol. The maximum absolute atomic E-state index is 6.26. The van der Waals surface area contributed by atoms with Gasteiger partial charge in [0, 0.05) is 0 Å². The Labute approximate surface area is 116 Å². The van der Waals surface area contributed by atoms with E-state index >= 15 is 0 Å². The molecule has 0 heterocycles. The fourth-order valence-corrected chi connectivity index (χ4v) is 2.27. The lowest BCUT2D eigenvalue weighted by Gasteiger charge is -2.18. The summed E-state index contributed by atoms with van der Waals surface area (Å²) in [5, 5.41) is 0. The second-order valence-electron chi connectivity index (χ2n) is 5.41. The molecule has 1 nitrogen and oxygen atoms in total. The molecule has 100 valence electrons. The predicted octanol–water partition coefficient (Wildman–Crippen LogP) is 5.33. The average Bonchev–Trinajstić information content (AvgIpc) is 2.38. The van der Waals surface area contributed by atoms with E-state index in [1.807, 2.05) is 0 Å². The third-order valence-corrected chi connectivity index (χ3v) is 3.95. The molecule has 0 radical (unpaired) electrons. The highest BCUT2D eigenvalue weighted by Crippen LogP contribution is 2.35. The van der Waals surface area contributed by atoms with Crippen molar-refractivity contribution in [3.8, 4) is 11.5 Å². The summed E-state index contributed by atoms with van der Waals surface area (Å²) >= 11 is 0. The molecule has 0 aliphatic heterocycles. The van der Waals surface area contributed by atoms with Crippen LogP contribution in [0.2, 0.25) is 0 Å². The zero-order valence-electron chi connectivity index (χ0n) is 12.7. The van der Waals surface area contributed by atoms with Crippen molar-refractivity contribution in [2.45, 2.75) is 41.5 Å². The van der Waals surface area contributed by atoms with E-state index in [9.17, 15) is 0 Å². The Kier molecular flexibility index (Phi) is 3.66. The molecule has 0 saturated carbocycles. The molecule has 2 aromatic carbocycles. The lowest BCUT2D eigenvalue weighted by molar-refractivity contribution is 0.467. The number of ether oxygens (including phenoxy) is 1. The van der Waals surface area contributed by atoms with Gasteiger partial charge < -0.3 is 4.74 Å². The maximum atomic E-state index is 6.26. The van der Waals surface area contributed by atoms with Crippen LogP contribution >= 0.6 is 0 Å². The summed E-state index contributed by atoms with van der Waals surface area (Å²) in [5.74, 6) is 1.99. The molecule has 0 aliphatic rings. The molecule has 19 heavy (non-hydrogen) atoms. The van der Waals surface area contributed by atoms with Crippen LogP contribution in [0, 0.1) is 41.5 Å². The first-order valence-corrected chi connectivity index (χ1v) is 6.73. The third kappa shape index (κ3) is 2.51. The minimum atomic E-state index is 0.997. The molecule has 0 amide bonds. The lowest BCUT2D eigenvalue weighted by Crippen LogP contribution is -1.98. The quantitative estimate of drug-likeness (QED) is 0.704. The Morgan fingerprint density at radius 2 is 0.842 bits per heavy atom. The van der Waals surface area contributed by atoms with Crippen LogP contribution in [-0.2, 0) is 0 Å². The van der Waals surface area contributed by atoms with Crippen molar-refractivity contribution < 1.29 is 4.74 Å². The number of hydrogen-bond donors (Lipinski definition) is 0. The van der Waals surface area contributed by atoms with Crippen molar-refractivity contribution in [2.75, 3.05) is 0 Å². The van der Waals surface area contributed by atoms with Gasteiger partial charge in [-0.1, -0.05) is 24.3 Å². The van der Waals surface area contributed by atoms with Crippen molar-refractivity contribution in [1.82, 2.24) is 0 Å². The van der Waals surface area contributed by atoms with Gasteiger partial charge in [0.1, 0.15) is 11.5 Å². The van der Waals surface area contributed by atoms with Gasteiger partial charge in [-0.05, 0) is 74.9 Å². The van der Waals surface area contributed by atoms with Crippen molar-refractivity contribution in [2.24, 2.45) is 0 Å². The zero-order chi connectivity index (χ0) is 14.2. The second kappa shape index (κ2) is 5.08. The van der Waals surface area contributed by atoms with Crippen molar-refractivity contribution in [1.29, 1.82) is 0 Å². The molecule has 2 aromatic rings. The first-order chi connectivity index (χ1) is 8.91. The van der Waals surface area contributed by atoms with Gasteiger partial charge >= 0.3 is 0 Å². The number of aryl methyl sites for hydroxylation is 4. The van der Waals surface area contributed by atoms with Crippen molar-refractivity contribution in [3.63, 3.8) is 0 Å². The second-order valence-corrected chi connectivity index (χ2v) is 5.41. The molecule has 0 saturated heterocycles. The largest absolute Gasteiger partial charge is 0.456 e. The fourth-order valence-electron chi connectivity index (χ4n) is 2.27. The molecule has 0 aliphatic carbocycles. The number of benzene rings is 2. The monoisotopic (exact) mass is 254 g/mol. The van der Waals surface area contributed by atoms with Crippen LogP contribution in [0.3, 0.4) is 0 Å². The summed E-state index contributed by atoms with van der Waals surface area (Å²) in [6, 6.07) is 8.54. The lowest BCUT2D eigenvalue weighted by atomic mass is 10.0. The topological polar surface area (TPSA) is 9.23 Å². The van der Waals surface area contributed by atoms with Gasteiger partial charge in [-0.25, -0.2) is 0 Å². The average molecular weight is 254 g/mol. The molecule has 0 N–H and O–H groups in total. The summed E-state index contributed by atoms with van der Waals surface area (Å²) in [5.41, 5.74) is 7.35. The summed E-state index contributed by atoms with van der Waals surface area (Å²) in [6.45, 7) is 12.7. The third-order valence-electron chi connectivity index (χ3n) is 3.95. The molecule has 0 atom stereocenters. The van der Waals surface area contributed by atoms with Crippen LogP contribution in [0.15, 0.2) is 24.3 Å². The Balaban J connectivity index is 2.54. The van der Waals surface area contributed by atoms with Crippen LogP contribution in [0.5, 0.6) is 11.5 Å². The van der Waals surface area contributed by atoms with Crippen LogP contribution in [-0.4, -0.2) is 0 Å². The van der Waals surface area contributed by atoms with Gasteiger partial charge in [-0.3, -0.25) is 0 Å². The molecule has 0 aromatic heterocycles. The summed E-state index contributed by atoms with van der Waals surface area (Å²) in [6.07, 6.45) is 0. The number of rotatable bonds is 2. The van der Waals surface area contributed by atoms with E-state index < -0.39 is 0 Å². The minimum absolute atomic E-state index is 0.997. The molecule has 0 spiro atoms. The number of hydrogen-bond acceptors (Lipinski definition) is 1. The van der Waals surface area contributed by atoms with Crippen molar-refractivity contribution >= 4 is 0 Å². The highest BCUT2D eigenvalue weighted by atomic mass is 16.5. The van der Waals surface area contributed by atoms with Gasteiger partial charge in [-0.2, -0.15) is 0 Å². The first-order valence-electron chi connectivity index (χ1n) is 6.73. The van der Waals surface area contributed by atoms with E-state index in [1.165, 1.54) is 33.4 Å². The normalized spacial score (nSPS) is 10.6. The molecule has 2 rings (SSSR count). The maximum Gasteiger partial charge on any atom is 0.133 e. The molecule has 0 bridgehead atoms. The highest BCUT2D eigenvalue weighted by Gasteiger charge is 2.12. The molecule has 0 fully saturated rings. The Morgan fingerprint density at radius 1 is 0.526 bits per heavy atom. The Bertz CT molecular complexity index is 569. The van der Waals surface area contributed by atoms with Gasteiger partial charge in [0.05, 0.1) is 0 Å². The summed E-state index contributed by atoms with van der Waals surface area (Å²) in [4.78, 5) is 0. The van der Waals surface area contributed by atoms with E-state index in [-0.39, 0.29) is 0 Å². The van der Waals surface area contributed by atoms with Crippen LogP contribution in [0.4, 0.5) is 0 Å². The first kappa shape index (κ1) is 13.7. The van der Waals surface area contributed by atoms with Crippen LogP contribution in [0.1, 0.15) is 33.4 Å². The van der Waals surface area contributed by atoms with E-state index in [4.69, 9.17) is 4.74 Å². The Hall–Kier alpha value is -1.76. The van der Waals surface area contributed by atoms with Gasteiger partial charge in [0.25, 0.3) is 0 Å². The summed E-state index contributed by atoms with van der Waals surface area (Å²) < 4.78 is 6.26. The van der Waals surface area contributed by atoms with Gasteiger partial charge in [-0.15, -0.1) is 0 Å². The Morgan fingerprint density at radius 3 is 1.21 bits per heavy atom. The van der Waals surface area contributed by atoms with E-state index in [2.05, 4.69) is 65.8 Å². The van der Waals surface area contributed by atoms with Crippen molar-refractivity contribution in [3.05, 3.63) is 57.6 Å². The summed E-state index contributed by atoms with van der Waals surface area (Å²) in [7, 11) is 0. The zero-order valence-corrected chi connectivity index (χ0v) is 12.7.